The van der Waals surface area contributed by atoms with Crippen molar-refractivity contribution in [2.24, 2.45) is 10.4 Å². The van der Waals surface area contributed by atoms with E-state index in [1.807, 2.05) is 36.4 Å². The molecule has 0 atom stereocenters. The number of likely N-dealkylation sites (N-methyl/N-ethyl adjacent to an activating group) is 1. The number of fused-ring (bicyclic) bond motifs is 1. The molecule has 174 valence electrons. The lowest BCUT2D eigenvalue weighted by Gasteiger charge is -2.29. The SMILES string of the molecule is COCc1nccn2c(C3=CCN(C)C(=NCC(C)(C)CO)N3)c(-c3ccc(F)cc3)nc12. The fourth-order valence-corrected chi connectivity index (χ4v) is 3.57. The van der Waals surface area contributed by atoms with Crippen molar-refractivity contribution >= 4 is 17.3 Å². The molecule has 0 spiro atoms. The highest BCUT2D eigenvalue weighted by Crippen LogP contribution is 2.31. The van der Waals surface area contributed by atoms with Crippen molar-refractivity contribution in [3.05, 3.63) is 59.9 Å². The molecule has 4 rings (SSSR count). The highest BCUT2D eigenvalue weighted by atomic mass is 19.1. The number of aliphatic imine (C=N–C) groups is 1. The largest absolute Gasteiger partial charge is 0.396 e. The summed E-state index contributed by atoms with van der Waals surface area (Å²) in [6.07, 6.45) is 5.65. The molecule has 3 aromatic rings. The Balaban J connectivity index is 1.83. The Morgan fingerprint density at radius 3 is 2.73 bits per heavy atom. The van der Waals surface area contributed by atoms with Gasteiger partial charge < -0.3 is 20.1 Å². The quantitative estimate of drug-likeness (QED) is 0.573. The van der Waals surface area contributed by atoms with Gasteiger partial charge in [-0.3, -0.25) is 14.4 Å². The molecule has 9 heteroatoms. The number of guanidine groups is 1. The molecule has 0 fully saturated rings. The van der Waals surface area contributed by atoms with Crippen molar-refractivity contribution in [2.45, 2.75) is 20.5 Å². The third kappa shape index (κ3) is 4.74. The van der Waals surface area contributed by atoms with Gasteiger partial charge in [-0.05, 0) is 30.3 Å². The number of imidazole rings is 1. The Morgan fingerprint density at radius 2 is 2.03 bits per heavy atom. The van der Waals surface area contributed by atoms with Gasteiger partial charge in [0.05, 0.1) is 30.2 Å². The first-order valence-corrected chi connectivity index (χ1v) is 10.8. The average Bonchev–Trinajstić information content (AvgIpc) is 3.20. The molecule has 1 aliphatic rings. The molecule has 1 aromatic carbocycles. The van der Waals surface area contributed by atoms with Gasteiger partial charge in [0.25, 0.3) is 0 Å². The number of aromatic nitrogens is 3. The smallest absolute Gasteiger partial charge is 0.198 e. The molecule has 3 heterocycles. The summed E-state index contributed by atoms with van der Waals surface area (Å²) >= 11 is 0. The normalized spacial score (nSPS) is 15.8. The van der Waals surface area contributed by atoms with Crippen LogP contribution >= 0.6 is 0 Å². The second-order valence-electron chi connectivity index (χ2n) is 8.90. The number of nitrogens with zero attached hydrogens (tertiary/aromatic N) is 5. The molecule has 0 aliphatic carbocycles. The van der Waals surface area contributed by atoms with Crippen molar-refractivity contribution in [1.82, 2.24) is 24.6 Å². The number of benzene rings is 1. The summed E-state index contributed by atoms with van der Waals surface area (Å²) in [7, 11) is 3.58. The second kappa shape index (κ2) is 9.29. The molecular formula is C24H29FN6O2. The maximum Gasteiger partial charge on any atom is 0.198 e. The summed E-state index contributed by atoms with van der Waals surface area (Å²) in [5.41, 5.74) is 4.24. The van der Waals surface area contributed by atoms with Crippen LogP contribution in [0.1, 0.15) is 25.2 Å². The summed E-state index contributed by atoms with van der Waals surface area (Å²) in [6.45, 7) is 5.43. The molecule has 1 aliphatic heterocycles. The Hall–Kier alpha value is -3.30. The van der Waals surface area contributed by atoms with Gasteiger partial charge in [-0.15, -0.1) is 0 Å². The van der Waals surface area contributed by atoms with E-state index < -0.39 is 0 Å². The number of nitrogens with one attached hydrogen (secondary N) is 1. The maximum atomic E-state index is 13.6. The van der Waals surface area contributed by atoms with Gasteiger partial charge in [-0.25, -0.2) is 9.37 Å². The number of methoxy groups -OCH3 is 1. The van der Waals surface area contributed by atoms with Gasteiger partial charge >= 0.3 is 0 Å². The predicted molar refractivity (Wildman–Crippen MR) is 126 cm³/mol. The van der Waals surface area contributed by atoms with Crippen LogP contribution in [-0.2, 0) is 11.3 Å². The molecule has 0 saturated heterocycles. The lowest BCUT2D eigenvalue weighted by molar-refractivity contribution is 0.167. The first-order valence-electron chi connectivity index (χ1n) is 10.8. The zero-order valence-electron chi connectivity index (χ0n) is 19.3. The van der Waals surface area contributed by atoms with E-state index in [2.05, 4.69) is 16.4 Å². The Morgan fingerprint density at radius 1 is 1.27 bits per heavy atom. The van der Waals surface area contributed by atoms with Crippen LogP contribution in [0.5, 0.6) is 0 Å². The standard InChI is InChI=1S/C24H29FN6O2/c1-24(2,15-32)14-27-23-28-18(9-11-30(23)3)21-20(16-5-7-17(25)8-6-16)29-22-19(13-33-4)26-10-12-31(21)22/h5-10,12,32H,11,13-15H2,1-4H3,(H,27,28). The van der Waals surface area contributed by atoms with Gasteiger partial charge in [-0.2, -0.15) is 0 Å². The van der Waals surface area contributed by atoms with Crippen molar-refractivity contribution in [1.29, 1.82) is 0 Å². The Kier molecular flexibility index (Phi) is 6.44. The topological polar surface area (TPSA) is 87.3 Å². The summed E-state index contributed by atoms with van der Waals surface area (Å²) < 4.78 is 20.9. The summed E-state index contributed by atoms with van der Waals surface area (Å²) in [6, 6.07) is 6.30. The van der Waals surface area contributed by atoms with Crippen molar-refractivity contribution in [3.63, 3.8) is 0 Å². The molecule has 33 heavy (non-hydrogen) atoms. The van der Waals surface area contributed by atoms with E-state index in [-0.39, 0.29) is 17.8 Å². The van der Waals surface area contributed by atoms with Crippen LogP contribution in [0.3, 0.4) is 0 Å². The third-order valence-corrected chi connectivity index (χ3v) is 5.53. The lowest BCUT2D eigenvalue weighted by Crippen LogP contribution is -2.43. The number of hydrogen-bond donors (Lipinski definition) is 2. The zero-order chi connectivity index (χ0) is 23.6. The highest BCUT2D eigenvalue weighted by Gasteiger charge is 2.25. The van der Waals surface area contributed by atoms with E-state index in [4.69, 9.17) is 14.7 Å². The van der Waals surface area contributed by atoms with E-state index in [0.717, 1.165) is 17.0 Å². The van der Waals surface area contributed by atoms with Gasteiger partial charge in [0.15, 0.2) is 11.6 Å². The minimum atomic E-state index is -0.319. The van der Waals surface area contributed by atoms with Crippen LogP contribution in [0, 0.1) is 11.2 Å². The molecule has 0 bridgehead atoms. The van der Waals surface area contributed by atoms with Crippen LogP contribution in [-0.4, -0.2) is 64.2 Å². The van der Waals surface area contributed by atoms with E-state index in [1.54, 1.807) is 25.4 Å². The number of halogens is 1. The lowest BCUT2D eigenvalue weighted by atomic mass is 9.95. The summed E-state index contributed by atoms with van der Waals surface area (Å²) in [4.78, 5) is 16.0. The van der Waals surface area contributed by atoms with Crippen LogP contribution < -0.4 is 5.32 Å². The van der Waals surface area contributed by atoms with Gasteiger partial charge in [0, 0.05) is 50.7 Å². The Bertz CT molecular complexity index is 1200. The van der Waals surface area contributed by atoms with Crippen molar-refractivity contribution in [3.8, 4) is 11.3 Å². The van der Waals surface area contributed by atoms with Gasteiger partial charge in [0.2, 0.25) is 0 Å². The first-order chi connectivity index (χ1) is 15.8. The number of ether oxygens (including phenoxy) is 1. The van der Waals surface area contributed by atoms with Gasteiger partial charge in [-0.1, -0.05) is 13.8 Å². The second-order valence-corrected chi connectivity index (χ2v) is 8.90. The number of aliphatic hydroxyl groups excluding tert-OH is 1. The molecule has 0 saturated carbocycles. The minimum absolute atomic E-state index is 0.0490. The van der Waals surface area contributed by atoms with Crippen molar-refractivity contribution < 1.29 is 14.2 Å². The van der Waals surface area contributed by atoms with E-state index in [1.165, 1.54) is 12.1 Å². The maximum absolute atomic E-state index is 13.6. The number of rotatable bonds is 7. The molecule has 0 unspecified atom stereocenters. The van der Waals surface area contributed by atoms with E-state index in [0.29, 0.717) is 42.7 Å². The minimum Gasteiger partial charge on any atom is -0.396 e. The van der Waals surface area contributed by atoms with Crippen LogP contribution in [0.2, 0.25) is 0 Å². The molecule has 0 radical (unpaired) electrons. The van der Waals surface area contributed by atoms with Crippen molar-refractivity contribution in [2.75, 3.05) is 33.9 Å². The molecule has 8 nitrogen and oxygen atoms in total. The number of aliphatic hydroxyl groups is 1. The fraction of sp³-hybridized carbons (Fsp3) is 0.375. The monoisotopic (exact) mass is 452 g/mol. The Labute approximate surface area is 192 Å². The van der Waals surface area contributed by atoms with E-state index in [9.17, 15) is 9.50 Å². The fourth-order valence-electron chi connectivity index (χ4n) is 3.57. The van der Waals surface area contributed by atoms with Crippen LogP contribution in [0.25, 0.3) is 22.6 Å². The zero-order valence-corrected chi connectivity index (χ0v) is 19.3. The summed E-state index contributed by atoms with van der Waals surface area (Å²) in [5, 5.41) is 13.0. The molecule has 0 amide bonds. The van der Waals surface area contributed by atoms with E-state index >= 15 is 0 Å². The molecule has 2 aromatic heterocycles. The van der Waals surface area contributed by atoms with Crippen LogP contribution in [0.15, 0.2) is 47.7 Å². The first kappa shape index (κ1) is 22.9. The third-order valence-electron chi connectivity index (χ3n) is 5.53. The summed E-state index contributed by atoms with van der Waals surface area (Å²) in [5.74, 6) is 0.406. The average molecular weight is 453 g/mol. The molecule has 2 N–H and O–H groups in total. The number of hydrogen-bond acceptors (Lipinski definition) is 5. The van der Waals surface area contributed by atoms with Crippen LogP contribution in [0.4, 0.5) is 4.39 Å². The highest BCUT2D eigenvalue weighted by molar-refractivity contribution is 5.93. The molecular weight excluding hydrogens is 423 g/mol. The van der Waals surface area contributed by atoms with Gasteiger partial charge in [0.1, 0.15) is 11.5 Å². The predicted octanol–water partition coefficient (Wildman–Crippen LogP) is 2.93.